The molecule has 0 atom stereocenters. The zero-order chi connectivity index (χ0) is 15.2. The first-order valence-corrected chi connectivity index (χ1v) is 7.74. The van der Waals surface area contributed by atoms with Gasteiger partial charge in [-0.05, 0) is 43.4 Å². The largest absolute Gasteiger partial charge is 0.368 e. The lowest BCUT2D eigenvalue weighted by molar-refractivity contribution is 0.565. The summed E-state index contributed by atoms with van der Waals surface area (Å²) in [6, 6.07) is 6.56. The van der Waals surface area contributed by atoms with E-state index in [1.807, 2.05) is 0 Å². The van der Waals surface area contributed by atoms with Crippen molar-refractivity contribution >= 4 is 11.8 Å². The van der Waals surface area contributed by atoms with Gasteiger partial charge in [0.15, 0.2) is 5.82 Å². The van der Waals surface area contributed by atoms with Gasteiger partial charge < -0.3 is 10.2 Å². The standard InChI is InChI=1S/C16H20FN5/c17-14-6-4-13(5-7-14)8-9-18-15-12-19-21-16(20-15)22-10-2-1-3-11-22/h4-7,12H,1-3,8-11H2,(H,18,20,21). The van der Waals surface area contributed by atoms with Gasteiger partial charge >= 0.3 is 0 Å². The molecular weight excluding hydrogens is 281 g/mol. The zero-order valence-corrected chi connectivity index (χ0v) is 12.5. The summed E-state index contributed by atoms with van der Waals surface area (Å²) in [5, 5.41) is 11.4. The molecule has 22 heavy (non-hydrogen) atoms. The van der Waals surface area contributed by atoms with Crippen LogP contribution in [-0.4, -0.2) is 34.8 Å². The third-order valence-electron chi connectivity index (χ3n) is 3.82. The zero-order valence-electron chi connectivity index (χ0n) is 12.5. The van der Waals surface area contributed by atoms with Crippen LogP contribution < -0.4 is 10.2 Å². The molecule has 2 heterocycles. The third-order valence-corrected chi connectivity index (χ3v) is 3.82. The van der Waals surface area contributed by atoms with E-state index in [2.05, 4.69) is 25.4 Å². The van der Waals surface area contributed by atoms with Crippen molar-refractivity contribution in [3.05, 3.63) is 41.8 Å². The Bertz CT molecular complexity index is 596. The summed E-state index contributed by atoms with van der Waals surface area (Å²) in [6.07, 6.45) is 6.10. The Labute approximate surface area is 129 Å². The Balaban J connectivity index is 1.55. The van der Waals surface area contributed by atoms with Crippen LogP contribution in [0.4, 0.5) is 16.2 Å². The first kappa shape index (κ1) is 14.7. The average molecular weight is 301 g/mol. The molecule has 3 rings (SSSR count). The summed E-state index contributed by atoms with van der Waals surface area (Å²) in [5.74, 6) is 1.23. The van der Waals surface area contributed by atoms with E-state index >= 15 is 0 Å². The van der Waals surface area contributed by atoms with Crippen LogP contribution in [-0.2, 0) is 6.42 Å². The van der Waals surface area contributed by atoms with E-state index in [1.165, 1.54) is 31.4 Å². The lowest BCUT2D eigenvalue weighted by Gasteiger charge is -2.26. The maximum Gasteiger partial charge on any atom is 0.247 e. The number of piperidine rings is 1. The number of halogens is 1. The highest BCUT2D eigenvalue weighted by Gasteiger charge is 2.14. The van der Waals surface area contributed by atoms with Crippen molar-refractivity contribution in [1.29, 1.82) is 0 Å². The normalized spacial score (nSPS) is 14.9. The second-order valence-corrected chi connectivity index (χ2v) is 5.49. The second-order valence-electron chi connectivity index (χ2n) is 5.49. The number of nitrogens with one attached hydrogen (secondary N) is 1. The topological polar surface area (TPSA) is 53.9 Å². The van der Waals surface area contributed by atoms with Crippen molar-refractivity contribution in [3.63, 3.8) is 0 Å². The van der Waals surface area contributed by atoms with Crippen molar-refractivity contribution in [3.8, 4) is 0 Å². The van der Waals surface area contributed by atoms with Crippen LogP contribution in [0.15, 0.2) is 30.5 Å². The van der Waals surface area contributed by atoms with Gasteiger partial charge in [-0.1, -0.05) is 12.1 Å². The molecule has 1 N–H and O–H groups in total. The molecule has 2 aromatic rings. The van der Waals surface area contributed by atoms with Gasteiger partial charge in [0, 0.05) is 19.6 Å². The minimum Gasteiger partial charge on any atom is -0.368 e. The Morgan fingerprint density at radius 3 is 2.64 bits per heavy atom. The number of anilines is 2. The van der Waals surface area contributed by atoms with Crippen molar-refractivity contribution < 1.29 is 4.39 Å². The fourth-order valence-electron chi connectivity index (χ4n) is 2.59. The Morgan fingerprint density at radius 1 is 1.09 bits per heavy atom. The smallest absolute Gasteiger partial charge is 0.247 e. The highest BCUT2D eigenvalue weighted by molar-refractivity contribution is 5.39. The maximum absolute atomic E-state index is 12.8. The van der Waals surface area contributed by atoms with Gasteiger partial charge in [0.2, 0.25) is 5.95 Å². The fraction of sp³-hybridized carbons (Fsp3) is 0.438. The van der Waals surface area contributed by atoms with Gasteiger partial charge in [0.05, 0.1) is 6.20 Å². The molecule has 1 aliphatic rings. The van der Waals surface area contributed by atoms with E-state index in [4.69, 9.17) is 0 Å². The first-order chi connectivity index (χ1) is 10.8. The molecule has 1 fully saturated rings. The van der Waals surface area contributed by atoms with Crippen LogP contribution in [0.5, 0.6) is 0 Å². The van der Waals surface area contributed by atoms with Crippen LogP contribution >= 0.6 is 0 Å². The van der Waals surface area contributed by atoms with E-state index in [0.717, 1.165) is 37.4 Å². The molecule has 0 amide bonds. The van der Waals surface area contributed by atoms with Gasteiger partial charge in [0.1, 0.15) is 5.82 Å². The third kappa shape index (κ3) is 3.90. The van der Waals surface area contributed by atoms with Gasteiger partial charge in [-0.25, -0.2) is 4.39 Å². The minimum absolute atomic E-state index is 0.206. The molecule has 1 saturated heterocycles. The summed E-state index contributed by atoms with van der Waals surface area (Å²) in [7, 11) is 0. The number of hydrogen-bond acceptors (Lipinski definition) is 5. The van der Waals surface area contributed by atoms with E-state index in [0.29, 0.717) is 5.95 Å². The molecule has 116 valence electrons. The quantitative estimate of drug-likeness (QED) is 0.920. The number of aromatic nitrogens is 3. The van der Waals surface area contributed by atoms with E-state index in [-0.39, 0.29) is 5.82 Å². The van der Waals surface area contributed by atoms with Gasteiger partial charge in [-0.3, -0.25) is 0 Å². The van der Waals surface area contributed by atoms with Crippen LogP contribution in [0.25, 0.3) is 0 Å². The summed E-state index contributed by atoms with van der Waals surface area (Å²) < 4.78 is 12.8. The molecule has 0 aliphatic carbocycles. The van der Waals surface area contributed by atoms with Crippen LogP contribution in [0.2, 0.25) is 0 Å². The van der Waals surface area contributed by atoms with Crippen LogP contribution in [0.1, 0.15) is 24.8 Å². The lowest BCUT2D eigenvalue weighted by atomic mass is 10.1. The van der Waals surface area contributed by atoms with Crippen molar-refractivity contribution in [2.24, 2.45) is 0 Å². The molecule has 1 aromatic heterocycles. The van der Waals surface area contributed by atoms with Crippen LogP contribution in [0, 0.1) is 5.82 Å². The Hall–Kier alpha value is -2.24. The monoisotopic (exact) mass is 301 g/mol. The molecule has 1 aliphatic heterocycles. The SMILES string of the molecule is Fc1ccc(CCNc2cnnc(N3CCCCC3)n2)cc1. The van der Waals surface area contributed by atoms with E-state index < -0.39 is 0 Å². The van der Waals surface area contributed by atoms with Crippen molar-refractivity contribution in [1.82, 2.24) is 15.2 Å². The molecule has 0 radical (unpaired) electrons. The molecule has 0 spiro atoms. The summed E-state index contributed by atoms with van der Waals surface area (Å²) in [5.41, 5.74) is 1.09. The van der Waals surface area contributed by atoms with Crippen molar-refractivity contribution in [2.45, 2.75) is 25.7 Å². The highest BCUT2D eigenvalue weighted by Crippen LogP contribution is 2.16. The predicted molar refractivity (Wildman–Crippen MR) is 84.5 cm³/mol. The highest BCUT2D eigenvalue weighted by atomic mass is 19.1. The lowest BCUT2D eigenvalue weighted by Crippen LogP contribution is -2.31. The Morgan fingerprint density at radius 2 is 1.86 bits per heavy atom. The summed E-state index contributed by atoms with van der Waals surface area (Å²) >= 11 is 0. The molecule has 0 bridgehead atoms. The molecule has 1 aromatic carbocycles. The number of rotatable bonds is 5. The van der Waals surface area contributed by atoms with Crippen molar-refractivity contribution in [2.75, 3.05) is 29.9 Å². The predicted octanol–water partition coefficient (Wildman–Crippen LogP) is 2.66. The molecule has 0 unspecified atom stereocenters. The number of nitrogens with zero attached hydrogens (tertiary/aromatic N) is 4. The van der Waals surface area contributed by atoms with E-state index in [9.17, 15) is 4.39 Å². The molecular formula is C16H20FN5. The minimum atomic E-state index is -0.206. The number of benzene rings is 1. The molecule has 0 saturated carbocycles. The van der Waals surface area contributed by atoms with E-state index in [1.54, 1.807) is 18.3 Å². The van der Waals surface area contributed by atoms with Gasteiger partial charge in [-0.2, -0.15) is 10.1 Å². The summed E-state index contributed by atoms with van der Waals surface area (Å²) in [6.45, 7) is 2.73. The van der Waals surface area contributed by atoms with Gasteiger partial charge in [-0.15, -0.1) is 5.10 Å². The van der Waals surface area contributed by atoms with Gasteiger partial charge in [0.25, 0.3) is 0 Å². The molecule has 6 heteroatoms. The maximum atomic E-state index is 12.8. The first-order valence-electron chi connectivity index (χ1n) is 7.74. The average Bonchev–Trinajstić information content (AvgIpc) is 2.58. The van der Waals surface area contributed by atoms with Crippen LogP contribution in [0.3, 0.4) is 0 Å². The summed E-state index contributed by atoms with van der Waals surface area (Å²) in [4.78, 5) is 6.71. The Kier molecular flexibility index (Phi) is 4.78. The second kappa shape index (κ2) is 7.15. The fourth-order valence-corrected chi connectivity index (χ4v) is 2.59. The molecule has 5 nitrogen and oxygen atoms in total. The number of hydrogen-bond donors (Lipinski definition) is 1.